The minimum atomic E-state index is 0.0519. The molecule has 0 saturated heterocycles. The molecule has 5 nitrogen and oxygen atoms in total. The summed E-state index contributed by atoms with van der Waals surface area (Å²) in [5.74, 6) is 0.874. The number of aliphatic hydroxyl groups is 1. The van der Waals surface area contributed by atoms with Crippen molar-refractivity contribution in [3.8, 4) is 11.5 Å². The Morgan fingerprint density at radius 3 is 2.76 bits per heavy atom. The van der Waals surface area contributed by atoms with Crippen LogP contribution in [-0.4, -0.2) is 31.2 Å². The Hall–Kier alpha value is -1.75. The molecule has 1 aromatic carbocycles. The third kappa shape index (κ3) is 3.64. The van der Waals surface area contributed by atoms with Gasteiger partial charge in [0, 0.05) is 18.6 Å². The van der Waals surface area contributed by atoms with Crippen molar-refractivity contribution in [2.75, 3.05) is 25.6 Å². The average molecular weight is 239 g/mol. The van der Waals surface area contributed by atoms with Gasteiger partial charge in [-0.15, -0.1) is 0 Å². The van der Waals surface area contributed by atoms with Gasteiger partial charge in [-0.2, -0.15) is 0 Å². The fourth-order valence-corrected chi connectivity index (χ4v) is 1.37. The largest absolute Gasteiger partial charge is 0.490 e. The summed E-state index contributed by atoms with van der Waals surface area (Å²) in [4.78, 5) is 10.7. The van der Waals surface area contributed by atoms with E-state index in [2.05, 4.69) is 0 Å². The number of nitrogens with two attached hydrogens (primary N) is 1. The van der Waals surface area contributed by atoms with Crippen LogP contribution in [0, 0.1) is 0 Å². The second kappa shape index (κ2) is 6.75. The number of nitrogen functional groups attached to an aromatic ring is 1. The molecular formula is C12H17NO4. The quantitative estimate of drug-likeness (QED) is 0.425. The van der Waals surface area contributed by atoms with E-state index in [0.717, 1.165) is 0 Å². The van der Waals surface area contributed by atoms with Gasteiger partial charge in [-0.3, -0.25) is 4.79 Å². The fourth-order valence-electron chi connectivity index (χ4n) is 1.37. The molecule has 0 aromatic heterocycles. The van der Waals surface area contributed by atoms with E-state index in [1.165, 1.54) is 6.07 Å². The van der Waals surface area contributed by atoms with Gasteiger partial charge in [-0.1, -0.05) is 0 Å². The lowest BCUT2D eigenvalue weighted by Gasteiger charge is -2.14. The molecular weight excluding hydrogens is 222 g/mol. The Labute approximate surface area is 100 Å². The summed E-state index contributed by atoms with van der Waals surface area (Å²) in [7, 11) is 0. The standard InChI is InChI=1S/C12H17NO4/c1-2-16-11-7-9(8-15)6-10(13)12(11)17-5-3-4-14/h6-8,14H,2-5,13H2,1H3. The molecule has 0 amide bonds. The summed E-state index contributed by atoms with van der Waals surface area (Å²) in [5.41, 5.74) is 6.59. The highest BCUT2D eigenvalue weighted by Gasteiger charge is 2.11. The Balaban J connectivity index is 2.94. The molecule has 0 heterocycles. The van der Waals surface area contributed by atoms with Gasteiger partial charge in [-0.25, -0.2) is 0 Å². The van der Waals surface area contributed by atoms with Crippen molar-refractivity contribution in [2.24, 2.45) is 0 Å². The number of carbonyl (C=O) groups is 1. The van der Waals surface area contributed by atoms with E-state index in [-0.39, 0.29) is 6.61 Å². The van der Waals surface area contributed by atoms with Crippen LogP contribution in [0.15, 0.2) is 12.1 Å². The number of aliphatic hydroxyl groups excluding tert-OH is 1. The van der Waals surface area contributed by atoms with Crippen LogP contribution in [0.25, 0.3) is 0 Å². The first-order chi connectivity index (χ1) is 8.22. The molecule has 1 aromatic rings. The number of rotatable bonds is 7. The van der Waals surface area contributed by atoms with Crippen LogP contribution in [0.4, 0.5) is 5.69 Å². The van der Waals surface area contributed by atoms with Gasteiger partial charge >= 0.3 is 0 Å². The van der Waals surface area contributed by atoms with Gasteiger partial charge in [0.1, 0.15) is 6.29 Å². The van der Waals surface area contributed by atoms with E-state index < -0.39 is 0 Å². The maximum absolute atomic E-state index is 10.7. The maximum Gasteiger partial charge on any atom is 0.184 e. The van der Waals surface area contributed by atoms with E-state index in [1.807, 2.05) is 6.92 Å². The van der Waals surface area contributed by atoms with Crippen LogP contribution in [0.5, 0.6) is 11.5 Å². The number of aldehydes is 1. The van der Waals surface area contributed by atoms with Crippen LogP contribution in [-0.2, 0) is 0 Å². The summed E-state index contributed by atoms with van der Waals surface area (Å²) in [6, 6.07) is 3.12. The molecule has 0 aliphatic rings. The Bertz CT molecular complexity index is 379. The van der Waals surface area contributed by atoms with Crippen molar-refractivity contribution in [2.45, 2.75) is 13.3 Å². The smallest absolute Gasteiger partial charge is 0.184 e. The first-order valence-corrected chi connectivity index (χ1v) is 5.48. The van der Waals surface area contributed by atoms with Crippen molar-refractivity contribution in [1.82, 2.24) is 0 Å². The van der Waals surface area contributed by atoms with E-state index in [0.29, 0.717) is 48.7 Å². The topological polar surface area (TPSA) is 81.8 Å². The zero-order valence-electron chi connectivity index (χ0n) is 9.81. The van der Waals surface area contributed by atoms with Crippen molar-refractivity contribution < 1.29 is 19.4 Å². The molecule has 5 heteroatoms. The van der Waals surface area contributed by atoms with E-state index in [4.69, 9.17) is 20.3 Å². The average Bonchev–Trinajstić information content (AvgIpc) is 2.32. The first kappa shape index (κ1) is 13.3. The maximum atomic E-state index is 10.7. The zero-order valence-corrected chi connectivity index (χ0v) is 9.81. The van der Waals surface area contributed by atoms with Gasteiger partial charge in [-0.05, 0) is 19.1 Å². The third-order valence-corrected chi connectivity index (χ3v) is 2.09. The van der Waals surface area contributed by atoms with Crippen molar-refractivity contribution in [3.05, 3.63) is 17.7 Å². The van der Waals surface area contributed by atoms with Crippen LogP contribution in [0.2, 0.25) is 0 Å². The first-order valence-electron chi connectivity index (χ1n) is 5.48. The molecule has 0 fully saturated rings. The summed E-state index contributed by atoms with van der Waals surface area (Å²) in [6.45, 7) is 2.69. The zero-order chi connectivity index (χ0) is 12.7. The molecule has 17 heavy (non-hydrogen) atoms. The number of ether oxygens (including phenoxy) is 2. The van der Waals surface area contributed by atoms with E-state index >= 15 is 0 Å². The van der Waals surface area contributed by atoms with Crippen molar-refractivity contribution >= 4 is 12.0 Å². The summed E-state index contributed by atoms with van der Waals surface area (Å²) in [5, 5.41) is 8.68. The molecule has 0 saturated carbocycles. The van der Waals surface area contributed by atoms with Gasteiger partial charge in [0.2, 0.25) is 0 Å². The molecule has 0 spiro atoms. The fraction of sp³-hybridized carbons (Fsp3) is 0.417. The Morgan fingerprint density at radius 1 is 1.41 bits per heavy atom. The van der Waals surface area contributed by atoms with Crippen LogP contribution < -0.4 is 15.2 Å². The van der Waals surface area contributed by atoms with Crippen LogP contribution >= 0.6 is 0 Å². The summed E-state index contributed by atoms with van der Waals surface area (Å²) < 4.78 is 10.8. The predicted molar refractivity (Wildman–Crippen MR) is 64.6 cm³/mol. The third-order valence-electron chi connectivity index (χ3n) is 2.09. The Morgan fingerprint density at radius 2 is 2.18 bits per heavy atom. The Kier molecular flexibility index (Phi) is 5.29. The van der Waals surface area contributed by atoms with Crippen LogP contribution in [0.3, 0.4) is 0 Å². The van der Waals surface area contributed by atoms with Gasteiger partial charge < -0.3 is 20.3 Å². The molecule has 0 aliphatic heterocycles. The highest BCUT2D eigenvalue weighted by atomic mass is 16.5. The number of carbonyl (C=O) groups excluding carboxylic acids is 1. The minimum Gasteiger partial charge on any atom is -0.490 e. The van der Waals surface area contributed by atoms with Gasteiger partial charge in [0.15, 0.2) is 11.5 Å². The normalized spacial score (nSPS) is 10.0. The molecule has 0 atom stereocenters. The number of benzene rings is 1. The van der Waals surface area contributed by atoms with Gasteiger partial charge in [0.05, 0.1) is 18.9 Å². The molecule has 0 bridgehead atoms. The molecule has 0 unspecified atom stereocenters. The number of hydrogen-bond acceptors (Lipinski definition) is 5. The molecule has 3 N–H and O–H groups in total. The SMILES string of the molecule is CCOc1cc(C=O)cc(N)c1OCCCO. The lowest BCUT2D eigenvalue weighted by atomic mass is 10.2. The van der Waals surface area contributed by atoms with Gasteiger partial charge in [0.25, 0.3) is 0 Å². The molecule has 0 radical (unpaired) electrons. The minimum absolute atomic E-state index is 0.0519. The number of hydrogen-bond donors (Lipinski definition) is 2. The summed E-state index contributed by atoms with van der Waals surface area (Å²) >= 11 is 0. The monoisotopic (exact) mass is 239 g/mol. The highest BCUT2D eigenvalue weighted by Crippen LogP contribution is 2.34. The van der Waals surface area contributed by atoms with E-state index in [9.17, 15) is 4.79 Å². The van der Waals surface area contributed by atoms with Crippen molar-refractivity contribution in [1.29, 1.82) is 0 Å². The van der Waals surface area contributed by atoms with E-state index in [1.54, 1.807) is 6.07 Å². The molecule has 94 valence electrons. The number of anilines is 1. The second-order valence-electron chi connectivity index (χ2n) is 3.41. The molecule has 0 aliphatic carbocycles. The lowest BCUT2D eigenvalue weighted by Crippen LogP contribution is -2.05. The lowest BCUT2D eigenvalue weighted by molar-refractivity contribution is 0.112. The summed E-state index contributed by atoms with van der Waals surface area (Å²) in [6.07, 6.45) is 1.22. The second-order valence-corrected chi connectivity index (χ2v) is 3.41. The van der Waals surface area contributed by atoms with Crippen LogP contribution in [0.1, 0.15) is 23.7 Å². The predicted octanol–water partition coefficient (Wildman–Crippen LogP) is 1.24. The highest BCUT2D eigenvalue weighted by molar-refractivity contribution is 5.80. The molecule has 1 rings (SSSR count). The van der Waals surface area contributed by atoms with Crippen molar-refractivity contribution in [3.63, 3.8) is 0 Å².